The van der Waals surface area contributed by atoms with Gasteiger partial charge in [-0.15, -0.1) is 0 Å². The molecule has 34 heavy (non-hydrogen) atoms. The van der Waals surface area contributed by atoms with E-state index in [1.165, 1.54) is 0 Å². The molecular weight excluding hydrogens is 452 g/mol. The summed E-state index contributed by atoms with van der Waals surface area (Å²) in [6.45, 7) is 5.22. The van der Waals surface area contributed by atoms with Crippen LogP contribution in [0.4, 0.5) is 0 Å². The van der Waals surface area contributed by atoms with Gasteiger partial charge in [-0.25, -0.2) is 0 Å². The van der Waals surface area contributed by atoms with E-state index in [1.54, 1.807) is 7.11 Å². The Kier molecular flexibility index (Phi) is 7.27. The molecule has 0 atom stereocenters. The minimum Gasteiger partial charge on any atom is -0.497 e. The topological polar surface area (TPSA) is 60.8 Å². The van der Waals surface area contributed by atoms with Crippen LogP contribution in [0.25, 0.3) is 16.9 Å². The van der Waals surface area contributed by atoms with Crippen LogP contribution in [0.15, 0.2) is 54.6 Å². The Morgan fingerprint density at radius 1 is 1.03 bits per heavy atom. The lowest BCUT2D eigenvalue weighted by atomic mass is 9.96. The molecule has 4 rings (SSSR count). The van der Waals surface area contributed by atoms with Crippen LogP contribution in [0.3, 0.4) is 0 Å². The summed E-state index contributed by atoms with van der Waals surface area (Å²) in [4.78, 5) is 27.5. The quantitative estimate of drug-likeness (QED) is 0.435. The number of likely N-dealkylation sites (tertiary alicyclic amines) is 1. The van der Waals surface area contributed by atoms with Gasteiger partial charge in [0.25, 0.3) is 5.91 Å². The third-order valence-corrected chi connectivity index (χ3v) is 6.60. The summed E-state index contributed by atoms with van der Waals surface area (Å²) in [5.74, 6) is 0.435. The van der Waals surface area contributed by atoms with E-state index in [4.69, 9.17) is 21.1 Å². The summed E-state index contributed by atoms with van der Waals surface area (Å²) in [7, 11) is 1.64. The summed E-state index contributed by atoms with van der Waals surface area (Å²) < 4.78 is 12.6. The first-order chi connectivity index (χ1) is 16.4. The Balaban J connectivity index is 1.67. The molecule has 178 valence electrons. The van der Waals surface area contributed by atoms with Gasteiger partial charge in [0.15, 0.2) is 0 Å². The lowest BCUT2D eigenvalue weighted by Crippen LogP contribution is -2.40. The van der Waals surface area contributed by atoms with E-state index in [9.17, 15) is 9.59 Å². The van der Waals surface area contributed by atoms with Gasteiger partial charge in [-0.05, 0) is 74.7 Å². The minimum atomic E-state index is -0.165. The van der Waals surface area contributed by atoms with Crippen molar-refractivity contribution in [2.45, 2.75) is 26.7 Å². The smallest absolute Gasteiger partial charge is 0.309 e. The van der Waals surface area contributed by atoms with Crippen molar-refractivity contribution >= 4 is 23.5 Å². The average molecular weight is 481 g/mol. The predicted octanol–water partition coefficient (Wildman–Crippen LogP) is 5.53. The molecule has 2 aromatic carbocycles. The van der Waals surface area contributed by atoms with Crippen LogP contribution in [0.2, 0.25) is 5.02 Å². The zero-order valence-corrected chi connectivity index (χ0v) is 20.5. The van der Waals surface area contributed by atoms with Crippen LogP contribution in [-0.4, -0.2) is 48.1 Å². The zero-order chi connectivity index (χ0) is 24.2. The fourth-order valence-corrected chi connectivity index (χ4v) is 4.60. The molecule has 6 nitrogen and oxygen atoms in total. The Morgan fingerprint density at radius 2 is 1.68 bits per heavy atom. The van der Waals surface area contributed by atoms with Crippen molar-refractivity contribution in [2.24, 2.45) is 5.92 Å². The van der Waals surface area contributed by atoms with E-state index in [1.807, 2.05) is 73.3 Å². The molecule has 0 N–H and O–H groups in total. The molecule has 0 saturated carbocycles. The molecule has 3 aromatic rings. The van der Waals surface area contributed by atoms with Crippen LogP contribution in [0.1, 0.15) is 35.8 Å². The molecule has 0 spiro atoms. The first-order valence-corrected chi connectivity index (χ1v) is 11.9. The van der Waals surface area contributed by atoms with Crippen LogP contribution in [0, 0.1) is 12.8 Å². The molecule has 1 aromatic heterocycles. The summed E-state index contributed by atoms with van der Waals surface area (Å²) in [5.41, 5.74) is 4.30. The second kappa shape index (κ2) is 10.3. The fourth-order valence-electron chi connectivity index (χ4n) is 4.47. The van der Waals surface area contributed by atoms with E-state index in [-0.39, 0.29) is 17.8 Å². The van der Waals surface area contributed by atoms with Gasteiger partial charge in [0, 0.05) is 29.5 Å². The monoisotopic (exact) mass is 480 g/mol. The molecule has 0 aliphatic carbocycles. The van der Waals surface area contributed by atoms with Crippen LogP contribution >= 0.6 is 11.6 Å². The number of benzene rings is 2. The summed E-state index contributed by atoms with van der Waals surface area (Å²) in [6.07, 6.45) is 1.24. The second-order valence-electron chi connectivity index (χ2n) is 8.39. The Hall–Kier alpha value is -3.25. The molecule has 7 heteroatoms. The second-order valence-corrected chi connectivity index (χ2v) is 8.82. The van der Waals surface area contributed by atoms with Crippen molar-refractivity contribution in [3.63, 3.8) is 0 Å². The molecule has 0 radical (unpaired) electrons. The number of hydrogen-bond donors (Lipinski definition) is 0. The van der Waals surface area contributed by atoms with E-state index in [2.05, 4.69) is 4.57 Å². The first kappa shape index (κ1) is 23.9. The Morgan fingerprint density at radius 3 is 2.26 bits per heavy atom. The minimum absolute atomic E-state index is 0.0257. The zero-order valence-electron chi connectivity index (χ0n) is 19.7. The maximum atomic E-state index is 13.6. The number of halogens is 1. The number of aromatic nitrogens is 1. The summed E-state index contributed by atoms with van der Waals surface area (Å²) in [5, 5.41) is 0.656. The number of hydrogen-bond acceptors (Lipinski definition) is 4. The van der Waals surface area contributed by atoms with Gasteiger partial charge in [0.1, 0.15) is 5.75 Å². The van der Waals surface area contributed by atoms with Gasteiger partial charge in [-0.2, -0.15) is 0 Å². The van der Waals surface area contributed by atoms with Crippen molar-refractivity contribution in [3.8, 4) is 22.7 Å². The molecule has 0 unspecified atom stereocenters. The molecule has 1 fully saturated rings. The van der Waals surface area contributed by atoms with E-state index in [0.717, 1.165) is 28.4 Å². The van der Waals surface area contributed by atoms with Gasteiger partial charge in [0.2, 0.25) is 0 Å². The Labute approximate surface area is 205 Å². The highest BCUT2D eigenvalue weighted by atomic mass is 35.5. The predicted molar refractivity (Wildman–Crippen MR) is 133 cm³/mol. The van der Waals surface area contributed by atoms with Crippen LogP contribution < -0.4 is 4.74 Å². The Bertz CT molecular complexity index is 1160. The largest absolute Gasteiger partial charge is 0.497 e. The number of methoxy groups -OCH3 is 1. The number of ether oxygens (including phenoxy) is 2. The van der Waals surface area contributed by atoms with Crippen LogP contribution in [0.5, 0.6) is 5.75 Å². The molecular formula is C27H29ClN2O4. The van der Waals surface area contributed by atoms with Crippen molar-refractivity contribution in [1.82, 2.24) is 9.47 Å². The van der Waals surface area contributed by atoms with Gasteiger partial charge in [0.05, 0.1) is 30.9 Å². The third-order valence-electron chi connectivity index (χ3n) is 6.35. The number of rotatable bonds is 6. The molecule has 2 heterocycles. The van der Waals surface area contributed by atoms with Crippen LogP contribution in [-0.2, 0) is 9.53 Å². The summed E-state index contributed by atoms with van der Waals surface area (Å²) in [6, 6.07) is 17.3. The molecule has 1 saturated heterocycles. The fraction of sp³-hybridized carbons (Fsp3) is 0.333. The van der Waals surface area contributed by atoms with Gasteiger partial charge in [-0.3, -0.25) is 9.59 Å². The SMILES string of the molecule is CCOC(=O)C1CCN(C(=O)c2cc(-c3ccc(Cl)cc3)n(-c3ccc(OC)cc3)c2C)CC1. The summed E-state index contributed by atoms with van der Waals surface area (Å²) >= 11 is 6.12. The molecule has 1 aliphatic heterocycles. The maximum Gasteiger partial charge on any atom is 0.309 e. The highest BCUT2D eigenvalue weighted by Crippen LogP contribution is 2.32. The first-order valence-electron chi connectivity index (χ1n) is 11.5. The van der Waals surface area contributed by atoms with Gasteiger partial charge < -0.3 is 18.9 Å². The third kappa shape index (κ3) is 4.82. The lowest BCUT2D eigenvalue weighted by molar-refractivity contribution is -0.149. The number of nitrogens with zero attached hydrogens (tertiary/aromatic N) is 2. The number of piperidine rings is 1. The molecule has 0 bridgehead atoms. The number of amides is 1. The van der Waals surface area contributed by atoms with Crippen molar-refractivity contribution < 1.29 is 19.1 Å². The number of carbonyl (C=O) groups is 2. The van der Waals surface area contributed by atoms with Crippen molar-refractivity contribution in [2.75, 3.05) is 26.8 Å². The number of carbonyl (C=O) groups excluding carboxylic acids is 2. The lowest BCUT2D eigenvalue weighted by Gasteiger charge is -2.31. The van der Waals surface area contributed by atoms with Gasteiger partial charge >= 0.3 is 5.97 Å². The van der Waals surface area contributed by atoms with E-state index >= 15 is 0 Å². The van der Waals surface area contributed by atoms with E-state index < -0.39 is 0 Å². The van der Waals surface area contributed by atoms with Crippen molar-refractivity contribution in [3.05, 3.63) is 70.9 Å². The number of esters is 1. The molecule has 1 aliphatic rings. The highest BCUT2D eigenvalue weighted by Gasteiger charge is 2.30. The van der Waals surface area contributed by atoms with Crippen molar-refractivity contribution in [1.29, 1.82) is 0 Å². The van der Waals surface area contributed by atoms with E-state index in [0.29, 0.717) is 43.1 Å². The molecule has 1 amide bonds. The van der Waals surface area contributed by atoms with Gasteiger partial charge in [-0.1, -0.05) is 23.7 Å². The highest BCUT2D eigenvalue weighted by molar-refractivity contribution is 6.30. The average Bonchev–Trinajstić information content (AvgIpc) is 3.21. The standard InChI is InChI=1S/C27H29ClN2O4/c1-4-34-27(32)20-13-15-29(16-14-20)26(31)24-17-25(19-5-7-21(28)8-6-19)30(18(24)2)22-9-11-23(33-3)12-10-22/h5-12,17,20H,4,13-16H2,1-3H3. The normalized spacial score (nSPS) is 14.2. The maximum absolute atomic E-state index is 13.6.